The normalized spacial score (nSPS) is 19.3. The smallest absolute Gasteiger partial charge is 0.243 e. The molecule has 1 saturated heterocycles. The first kappa shape index (κ1) is 19.1. The Morgan fingerprint density at radius 1 is 1.57 bits per heavy atom. The van der Waals surface area contributed by atoms with Crippen molar-refractivity contribution in [2.75, 3.05) is 33.8 Å². The first-order chi connectivity index (χ1) is 9.93. The number of likely N-dealkylation sites (tertiary alicyclic amines) is 1. The van der Waals surface area contributed by atoms with Gasteiger partial charge in [0, 0.05) is 27.1 Å². The second-order valence-corrected chi connectivity index (χ2v) is 4.72. The van der Waals surface area contributed by atoms with Crippen LogP contribution in [-0.2, 0) is 9.63 Å². The highest BCUT2D eigenvalue weighted by atomic mass is 16.7. The van der Waals surface area contributed by atoms with Crippen molar-refractivity contribution >= 4 is 11.7 Å². The number of rotatable bonds is 5. The molecule has 4 N–H and O–H groups in total. The third-order valence-electron chi connectivity index (χ3n) is 2.99. The van der Waals surface area contributed by atoms with Crippen molar-refractivity contribution in [2.45, 2.75) is 25.8 Å². The number of hydroxylamine groups is 2. The maximum Gasteiger partial charge on any atom is 0.243 e. The predicted molar refractivity (Wildman–Crippen MR) is 79.2 cm³/mol. The number of hydrogen-bond donors (Lipinski definition) is 2. The molecule has 120 valence electrons. The number of carbonyl (C=O) groups excluding carboxylic acids is 1. The van der Waals surface area contributed by atoms with Gasteiger partial charge in [-0.3, -0.25) is 14.5 Å². The van der Waals surface area contributed by atoms with Gasteiger partial charge in [0.2, 0.25) is 5.91 Å². The molecule has 1 aliphatic rings. The van der Waals surface area contributed by atoms with Gasteiger partial charge < -0.3 is 5.73 Å². The Morgan fingerprint density at radius 3 is 2.67 bits per heavy atom. The number of piperidine rings is 1. The molecule has 1 amide bonds. The number of amides is 1. The molecule has 0 aromatic heterocycles. The molecule has 1 heterocycles. The van der Waals surface area contributed by atoms with Gasteiger partial charge in [-0.15, -0.1) is 5.10 Å². The Bertz CT molecular complexity index is 370. The molecule has 1 rings (SSSR count). The third kappa shape index (κ3) is 6.89. The standard InChI is InChI=1S/C11H24N6O2.CHN/c1-9(18)17(19-3)10-5-4-6-16(7-10)8-11(12)14-15(2)13;1-2/h10H,4-8,13H2,1-3H3,(H2,12,14);1H. The zero-order chi connectivity index (χ0) is 16.4. The molecule has 9 heteroatoms. The van der Waals surface area contributed by atoms with E-state index < -0.39 is 0 Å². The quantitative estimate of drug-likeness (QED) is 0.291. The second-order valence-electron chi connectivity index (χ2n) is 4.72. The molecular formula is C12H25N7O2. The van der Waals surface area contributed by atoms with E-state index in [1.165, 1.54) is 24.2 Å². The van der Waals surface area contributed by atoms with E-state index in [1.54, 1.807) is 7.05 Å². The van der Waals surface area contributed by atoms with Crippen molar-refractivity contribution in [1.82, 2.24) is 15.1 Å². The van der Waals surface area contributed by atoms with Crippen LogP contribution in [0.3, 0.4) is 0 Å². The lowest BCUT2D eigenvalue weighted by atomic mass is 10.1. The Balaban J connectivity index is 0.00000191. The van der Waals surface area contributed by atoms with Gasteiger partial charge in [-0.1, -0.05) is 0 Å². The van der Waals surface area contributed by atoms with Crippen molar-refractivity contribution in [3.05, 3.63) is 0 Å². The van der Waals surface area contributed by atoms with E-state index in [0.717, 1.165) is 25.9 Å². The van der Waals surface area contributed by atoms with Gasteiger partial charge in [0.1, 0.15) is 5.84 Å². The minimum atomic E-state index is -0.0855. The number of nitrogens with two attached hydrogens (primary N) is 2. The van der Waals surface area contributed by atoms with E-state index in [9.17, 15) is 4.79 Å². The highest BCUT2D eigenvalue weighted by molar-refractivity contribution is 5.82. The van der Waals surface area contributed by atoms with Crippen LogP contribution in [-0.4, -0.2) is 66.7 Å². The number of nitrogens with zero attached hydrogens (tertiary/aromatic N) is 5. The van der Waals surface area contributed by atoms with E-state index in [-0.39, 0.29) is 11.9 Å². The molecule has 1 aliphatic heterocycles. The number of hydrogen-bond acceptors (Lipinski definition) is 7. The molecule has 9 nitrogen and oxygen atoms in total. The Hall–Kier alpha value is -1.89. The topological polar surface area (TPSA) is 124 Å². The SMILES string of the molecule is C#N.CON(C(C)=O)C1CCCN(C/C(N)=N/N(C)N)C1. The van der Waals surface area contributed by atoms with E-state index in [0.29, 0.717) is 12.4 Å². The number of hydrazine groups is 1. The lowest BCUT2D eigenvalue weighted by Gasteiger charge is -2.37. The average Bonchev–Trinajstić information content (AvgIpc) is 2.40. The lowest BCUT2D eigenvalue weighted by molar-refractivity contribution is -0.190. The van der Waals surface area contributed by atoms with Crippen molar-refractivity contribution in [3.8, 4) is 6.57 Å². The van der Waals surface area contributed by atoms with Crippen LogP contribution in [0, 0.1) is 11.8 Å². The van der Waals surface area contributed by atoms with Crippen LogP contribution in [0.15, 0.2) is 5.10 Å². The van der Waals surface area contributed by atoms with Gasteiger partial charge in [0.25, 0.3) is 0 Å². The fourth-order valence-corrected chi connectivity index (χ4v) is 2.36. The van der Waals surface area contributed by atoms with Gasteiger partial charge in [0.15, 0.2) is 0 Å². The van der Waals surface area contributed by atoms with Crippen LogP contribution < -0.4 is 11.6 Å². The van der Waals surface area contributed by atoms with E-state index in [1.807, 2.05) is 0 Å². The second kappa shape index (κ2) is 9.93. The highest BCUT2D eigenvalue weighted by Gasteiger charge is 2.27. The summed E-state index contributed by atoms with van der Waals surface area (Å²) < 4.78 is 0. The van der Waals surface area contributed by atoms with Crippen molar-refractivity contribution < 1.29 is 9.63 Å². The van der Waals surface area contributed by atoms with Gasteiger partial charge in [0.05, 0.1) is 19.7 Å². The fraction of sp³-hybridized carbons (Fsp3) is 0.750. The summed E-state index contributed by atoms with van der Waals surface area (Å²) in [6, 6.07) is 0.0552. The minimum absolute atomic E-state index is 0.0552. The molecule has 1 unspecified atom stereocenters. The monoisotopic (exact) mass is 299 g/mol. The molecule has 0 aromatic rings. The molecule has 1 fully saturated rings. The molecule has 0 spiro atoms. The number of amidine groups is 1. The third-order valence-corrected chi connectivity index (χ3v) is 2.99. The predicted octanol–water partition coefficient (Wildman–Crippen LogP) is -0.922. The number of hydrazone groups is 1. The number of nitriles is 1. The number of carbonyl (C=O) groups is 1. The maximum absolute atomic E-state index is 11.5. The summed E-state index contributed by atoms with van der Waals surface area (Å²) in [5.74, 6) is 5.78. The lowest BCUT2D eigenvalue weighted by Crippen LogP contribution is -2.51. The largest absolute Gasteiger partial charge is 0.385 e. The van der Waals surface area contributed by atoms with Crippen LogP contribution in [0.1, 0.15) is 19.8 Å². The molecule has 1 atom stereocenters. The van der Waals surface area contributed by atoms with Gasteiger partial charge in [-0.05, 0) is 19.4 Å². The molecule has 0 aliphatic carbocycles. The van der Waals surface area contributed by atoms with Crippen molar-refractivity contribution in [2.24, 2.45) is 16.7 Å². The zero-order valence-electron chi connectivity index (χ0n) is 12.9. The Labute approximate surface area is 125 Å². The average molecular weight is 299 g/mol. The Kier molecular flexibility index (Phi) is 9.03. The Morgan fingerprint density at radius 2 is 2.19 bits per heavy atom. The summed E-state index contributed by atoms with van der Waals surface area (Å²) in [6.45, 7) is 7.18. The molecule has 21 heavy (non-hydrogen) atoms. The summed E-state index contributed by atoms with van der Waals surface area (Å²) >= 11 is 0. The van der Waals surface area contributed by atoms with E-state index in [4.69, 9.17) is 21.7 Å². The molecule has 0 radical (unpaired) electrons. The molecule has 0 aromatic carbocycles. The van der Waals surface area contributed by atoms with Crippen LogP contribution in [0.25, 0.3) is 0 Å². The first-order valence-corrected chi connectivity index (χ1v) is 6.57. The van der Waals surface area contributed by atoms with Gasteiger partial charge in [-0.2, -0.15) is 0 Å². The van der Waals surface area contributed by atoms with Gasteiger partial charge in [-0.25, -0.2) is 21.3 Å². The summed E-state index contributed by atoms with van der Waals surface area (Å²) in [4.78, 5) is 18.7. The fourth-order valence-electron chi connectivity index (χ4n) is 2.36. The summed E-state index contributed by atoms with van der Waals surface area (Å²) in [7, 11) is 3.13. The van der Waals surface area contributed by atoms with E-state index in [2.05, 4.69) is 16.6 Å². The summed E-state index contributed by atoms with van der Waals surface area (Å²) in [5.41, 5.74) is 5.79. The van der Waals surface area contributed by atoms with E-state index >= 15 is 0 Å². The van der Waals surface area contributed by atoms with Crippen LogP contribution in [0.2, 0.25) is 0 Å². The maximum atomic E-state index is 11.5. The van der Waals surface area contributed by atoms with Gasteiger partial charge >= 0.3 is 0 Å². The summed E-state index contributed by atoms with van der Waals surface area (Å²) in [6.07, 6.45) is 1.92. The molecular weight excluding hydrogens is 274 g/mol. The van der Waals surface area contributed by atoms with Crippen LogP contribution >= 0.6 is 0 Å². The van der Waals surface area contributed by atoms with Crippen molar-refractivity contribution in [3.63, 3.8) is 0 Å². The molecule has 0 bridgehead atoms. The minimum Gasteiger partial charge on any atom is -0.385 e. The van der Waals surface area contributed by atoms with Crippen molar-refractivity contribution in [1.29, 1.82) is 5.26 Å². The highest BCUT2D eigenvalue weighted by Crippen LogP contribution is 2.16. The first-order valence-electron chi connectivity index (χ1n) is 6.57. The van der Waals surface area contributed by atoms with Crippen LogP contribution in [0.5, 0.6) is 0 Å². The molecule has 0 saturated carbocycles. The zero-order valence-corrected chi connectivity index (χ0v) is 12.9. The summed E-state index contributed by atoms with van der Waals surface area (Å²) in [5, 5.41) is 13.1. The van der Waals surface area contributed by atoms with Crippen LogP contribution in [0.4, 0.5) is 0 Å².